The molecule has 0 saturated carbocycles. The van der Waals surface area contributed by atoms with Crippen LogP contribution in [0, 0.1) is 5.41 Å². The summed E-state index contributed by atoms with van der Waals surface area (Å²) in [4.78, 5) is 16.6. The third kappa shape index (κ3) is 2.39. The summed E-state index contributed by atoms with van der Waals surface area (Å²) in [6.07, 6.45) is 2.65. The van der Waals surface area contributed by atoms with Gasteiger partial charge in [-0.2, -0.15) is 0 Å². The van der Waals surface area contributed by atoms with Crippen LogP contribution in [-0.4, -0.2) is 41.6 Å². The smallest absolute Gasteiger partial charge is 0.219 e. The fourth-order valence-corrected chi connectivity index (χ4v) is 3.00. The van der Waals surface area contributed by atoms with Crippen LogP contribution in [0.1, 0.15) is 18.9 Å². The van der Waals surface area contributed by atoms with E-state index in [1.807, 2.05) is 37.5 Å². The Kier molecular flexibility index (Phi) is 3.71. The molecule has 0 saturated heterocycles. The van der Waals surface area contributed by atoms with Crippen LogP contribution in [0.15, 0.2) is 41.7 Å². The van der Waals surface area contributed by atoms with Crippen molar-refractivity contribution in [2.75, 3.05) is 20.1 Å². The zero-order valence-corrected chi connectivity index (χ0v) is 12.9. The number of rotatable bonds is 3. The number of aromatic amines is 1. The zero-order chi connectivity index (χ0) is 15.7. The summed E-state index contributed by atoms with van der Waals surface area (Å²) in [5.74, 6) is 0.0558. The van der Waals surface area contributed by atoms with Gasteiger partial charge in [-0.15, -0.1) is 0 Å². The number of hydrogen-bond acceptors (Lipinski definition) is 3. The van der Waals surface area contributed by atoms with Crippen molar-refractivity contribution in [2.45, 2.75) is 13.3 Å². The molecular weight excluding hydrogens is 276 g/mol. The molecule has 5 nitrogen and oxygen atoms in total. The highest BCUT2D eigenvalue weighted by atomic mass is 16.2. The zero-order valence-electron chi connectivity index (χ0n) is 12.9. The lowest BCUT2D eigenvalue weighted by atomic mass is 9.94. The van der Waals surface area contributed by atoms with Gasteiger partial charge in [0.25, 0.3) is 0 Å². The second-order valence-electron chi connectivity index (χ2n) is 5.52. The van der Waals surface area contributed by atoms with Crippen LogP contribution in [-0.2, 0) is 4.79 Å². The van der Waals surface area contributed by atoms with Crippen molar-refractivity contribution in [1.29, 1.82) is 5.41 Å². The number of hydrogen-bond donors (Lipinski definition) is 3. The minimum absolute atomic E-state index is 0.0558. The van der Waals surface area contributed by atoms with Crippen LogP contribution in [0.3, 0.4) is 0 Å². The standard InChI is InChI=1S/C17H20N4O/c1-11(22)21-9-7-15(19-2)14(10-21)17(18)13-4-3-5-16-12(13)6-8-20-16/h3-6,8,18-20H,7,9-10H2,1-2H3. The van der Waals surface area contributed by atoms with Gasteiger partial charge in [-0.1, -0.05) is 12.1 Å². The molecule has 1 amide bonds. The van der Waals surface area contributed by atoms with Crippen LogP contribution in [0.2, 0.25) is 0 Å². The van der Waals surface area contributed by atoms with Crippen LogP contribution in [0.25, 0.3) is 10.9 Å². The third-order valence-electron chi connectivity index (χ3n) is 4.26. The highest BCUT2D eigenvalue weighted by molar-refractivity contribution is 6.18. The number of aromatic nitrogens is 1. The summed E-state index contributed by atoms with van der Waals surface area (Å²) < 4.78 is 0. The molecule has 1 aliphatic heterocycles. The predicted octanol–water partition coefficient (Wildman–Crippen LogP) is 2.26. The predicted molar refractivity (Wildman–Crippen MR) is 88.1 cm³/mol. The fraction of sp³-hybridized carbons (Fsp3) is 0.294. The number of amides is 1. The second-order valence-corrected chi connectivity index (χ2v) is 5.52. The minimum Gasteiger partial charge on any atom is -0.391 e. The molecule has 22 heavy (non-hydrogen) atoms. The summed E-state index contributed by atoms with van der Waals surface area (Å²) in [6, 6.07) is 7.91. The summed E-state index contributed by atoms with van der Waals surface area (Å²) in [7, 11) is 1.88. The van der Waals surface area contributed by atoms with Gasteiger partial charge in [0.1, 0.15) is 0 Å². The van der Waals surface area contributed by atoms with Crippen LogP contribution in [0.5, 0.6) is 0 Å². The summed E-state index contributed by atoms with van der Waals surface area (Å²) in [6.45, 7) is 2.78. The minimum atomic E-state index is 0.0558. The van der Waals surface area contributed by atoms with Crippen molar-refractivity contribution in [3.05, 3.63) is 47.3 Å². The molecule has 1 aromatic heterocycles. The number of nitrogens with zero attached hydrogens (tertiary/aromatic N) is 1. The van der Waals surface area contributed by atoms with E-state index in [-0.39, 0.29) is 5.91 Å². The van der Waals surface area contributed by atoms with E-state index in [9.17, 15) is 4.79 Å². The topological polar surface area (TPSA) is 72.0 Å². The summed E-state index contributed by atoms with van der Waals surface area (Å²) in [5, 5.41) is 12.9. The first-order chi connectivity index (χ1) is 10.6. The first kappa shape index (κ1) is 14.4. The molecule has 0 aliphatic carbocycles. The fourth-order valence-electron chi connectivity index (χ4n) is 3.00. The largest absolute Gasteiger partial charge is 0.391 e. The number of benzene rings is 1. The summed E-state index contributed by atoms with van der Waals surface area (Å²) in [5.41, 5.74) is 4.35. The number of fused-ring (bicyclic) bond motifs is 1. The Bertz CT molecular complexity index is 772. The summed E-state index contributed by atoms with van der Waals surface area (Å²) >= 11 is 0. The molecule has 0 spiro atoms. The highest BCUT2D eigenvalue weighted by Gasteiger charge is 2.24. The molecule has 1 aliphatic rings. The van der Waals surface area contributed by atoms with Gasteiger partial charge in [0, 0.05) is 67.4 Å². The van der Waals surface area contributed by atoms with Gasteiger partial charge in [-0.25, -0.2) is 0 Å². The average Bonchev–Trinajstić information content (AvgIpc) is 3.02. The molecule has 0 fully saturated rings. The van der Waals surface area contributed by atoms with Crippen molar-refractivity contribution < 1.29 is 4.79 Å². The maximum Gasteiger partial charge on any atom is 0.219 e. The van der Waals surface area contributed by atoms with Crippen LogP contribution < -0.4 is 5.32 Å². The van der Waals surface area contributed by atoms with Crippen molar-refractivity contribution in [3.8, 4) is 0 Å². The Hall–Kier alpha value is -2.56. The van der Waals surface area contributed by atoms with E-state index in [0.29, 0.717) is 18.8 Å². The van der Waals surface area contributed by atoms with Crippen LogP contribution in [0.4, 0.5) is 0 Å². The first-order valence-electron chi connectivity index (χ1n) is 7.42. The SMILES string of the molecule is CNC1=C(C(=N)c2cccc3[nH]ccc23)CN(C(C)=O)CC1. The molecule has 114 valence electrons. The van der Waals surface area contributed by atoms with E-state index in [1.54, 1.807) is 11.8 Å². The van der Waals surface area contributed by atoms with E-state index in [1.165, 1.54) is 0 Å². The molecule has 0 unspecified atom stereocenters. The molecular formula is C17H20N4O. The third-order valence-corrected chi connectivity index (χ3v) is 4.26. The second kappa shape index (κ2) is 5.67. The van der Waals surface area contributed by atoms with Crippen molar-refractivity contribution in [3.63, 3.8) is 0 Å². The van der Waals surface area contributed by atoms with E-state index in [4.69, 9.17) is 5.41 Å². The molecule has 0 radical (unpaired) electrons. The Labute approximate surface area is 129 Å². The monoisotopic (exact) mass is 296 g/mol. The lowest BCUT2D eigenvalue weighted by Gasteiger charge is -2.30. The van der Waals surface area contributed by atoms with Crippen molar-refractivity contribution in [2.24, 2.45) is 0 Å². The normalized spacial score (nSPS) is 15.3. The molecule has 0 bridgehead atoms. The Balaban J connectivity index is 2.03. The van der Waals surface area contributed by atoms with Gasteiger partial charge in [-0.3, -0.25) is 10.2 Å². The van der Waals surface area contributed by atoms with Gasteiger partial charge in [0.2, 0.25) is 5.91 Å². The van der Waals surface area contributed by atoms with E-state index >= 15 is 0 Å². The maximum absolute atomic E-state index is 11.7. The van der Waals surface area contributed by atoms with Crippen molar-refractivity contribution >= 4 is 22.5 Å². The Morgan fingerprint density at radius 3 is 2.91 bits per heavy atom. The molecule has 2 heterocycles. The number of H-pyrrole nitrogens is 1. The molecule has 3 rings (SSSR count). The lowest BCUT2D eigenvalue weighted by Crippen LogP contribution is -2.39. The number of carbonyl (C=O) groups excluding carboxylic acids is 1. The van der Waals surface area contributed by atoms with Gasteiger partial charge >= 0.3 is 0 Å². The quantitative estimate of drug-likeness (QED) is 0.760. The van der Waals surface area contributed by atoms with Gasteiger partial charge < -0.3 is 15.2 Å². The number of carbonyl (C=O) groups is 1. The molecule has 0 atom stereocenters. The van der Waals surface area contributed by atoms with Gasteiger partial charge in [-0.05, 0) is 12.1 Å². The lowest BCUT2D eigenvalue weighted by molar-refractivity contribution is -0.128. The molecule has 3 N–H and O–H groups in total. The van der Waals surface area contributed by atoms with Gasteiger partial charge in [0.15, 0.2) is 0 Å². The Morgan fingerprint density at radius 1 is 1.36 bits per heavy atom. The molecule has 5 heteroatoms. The molecule has 2 aromatic rings. The van der Waals surface area contributed by atoms with Gasteiger partial charge in [0.05, 0.1) is 5.71 Å². The van der Waals surface area contributed by atoms with E-state index in [0.717, 1.165) is 34.2 Å². The first-order valence-corrected chi connectivity index (χ1v) is 7.42. The average molecular weight is 296 g/mol. The highest BCUT2D eigenvalue weighted by Crippen LogP contribution is 2.24. The Morgan fingerprint density at radius 2 is 2.18 bits per heavy atom. The maximum atomic E-state index is 11.7. The number of nitrogens with one attached hydrogen (secondary N) is 3. The van der Waals surface area contributed by atoms with E-state index < -0.39 is 0 Å². The van der Waals surface area contributed by atoms with E-state index in [2.05, 4.69) is 10.3 Å². The van der Waals surface area contributed by atoms with Crippen molar-refractivity contribution in [1.82, 2.24) is 15.2 Å². The molecule has 1 aromatic carbocycles. The van der Waals surface area contributed by atoms with Crippen LogP contribution >= 0.6 is 0 Å².